The Kier molecular flexibility index (Phi) is 8.75. The molecule has 1 fully saturated rings. The minimum Gasteiger partial charge on any atom is -0.343 e. The molecule has 0 unspecified atom stereocenters. The molecule has 9 heteroatoms. The van der Waals surface area contributed by atoms with Crippen LogP contribution in [0.15, 0.2) is 71.6 Å². The molecular weight excluding hydrogens is 579 g/mol. The van der Waals surface area contributed by atoms with Crippen molar-refractivity contribution in [2.24, 2.45) is 11.3 Å². The van der Waals surface area contributed by atoms with Crippen molar-refractivity contribution in [3.8, 4) is 0 Å². The average molecular weight is 621 g/mol. The van der Waals surface area contributed by atoms with Crippen molar-refractivity contribution in [3.63, 3.8) is 0 Å². The van der Waals surface area contributed by atoms with Gasteiger partial charge in [-0.25, -0.2) is 4.39 Å². The fourth-order valence-corrected chi connectivity index (χ4v) is 8.49. The zero-order chi connectivity index (χ0) is 31.9. The maximum Gasteiger partial charge on any atom is 0.294 e. The van der Waals surface area contributed by atoms with E-state index in [2.05, 4.69) is 17.6 Å². The number of aryl methyl sites for hydroxylation is 1. The molecule has 5 rings (SSSR count). The van der Waals surface area contributed by atoms with Gasteiger partial charge in [0.2, 0.25) is 11.8 Å². The van der Waals surface area contributed by atoms with Crippen LogP contribution in [-0.4, -0.2) is 30.8 Å². The van der Waals surface area contributed by atoms with Gasteiger partial charge >= 0.3 is 0 Å². The molecule has 1 saturated carbocycles. The molecule has 2 aliphatic rings. The maximum absolute atomic E-state index is 14.4. The number of rotatable bonds is 8. The fraction of sp³-hybridized carbons (Fsp3) is 0.429. The third-order valence-corrected chi connectivity index (χ3v) is 10.8. The molecule has 0 saturated heterocycles. The number of hydrogen-bond acceptors (Lipinski definition) is 4. The Balaban J connectivity index is 1.48. The predicted octanol–water partition coefficient (Wildman–Crippen LogP) is 6.57. The monoisotopic (exact) mass is 620 g/mol. The number of amides is 2. The van der Waals surface area contributed by atoms with Crippen LogP contribution in [0.3, 0.4) is 0 Å². The molecule has 3 N–H and O–H groups in total. The smallest absolute Gasteiger partial charge is 0.294 e. The molecule has 0 aromatic heterocycles. The van der Waals surface area contributed by atoms with Gasteiger partial charge in [0.25, 0.3) is 10.1 Å². The number of halogens is 1. The summed E-state index contributed by atoms with van der Waals surface area (Å²) >= 11 is 0. The highest BCUT2D eigenvalue weighted by molar-refractivity contribution is 7.85. The molecular formula is C35H41FN2O5S. The van der Waals surface area contributed by atoms with Crippen molar-refractivity contribution < 1.29 is 27.0 Å². The number of hydrogen-bond donors (Lipinski definition) is 3. The highest BCUT2D eigenvalue weighted by Crippen LogP contribution is 2.58. The Morgan fingerprint density at radius 1 is 1.02 bits per heavy atom. The third kappa shape index (κ3) is 6.04. The van der Waals surface area contributed by atoms with Crippen LogP contribution < -0.4 is 10.6 Å². The normalized spacial score (nSPS) is 23.8. The molecule has 2 amide bonds. The average Bonchev–Trinajstić information content (AvgIpc) is 2.97. The summed E-state index contributed by atoms with van der Waals surface area (Å²) in [5, 5.41) is 5.69. The van der Waals surface area contributed by atoms with E-state index in [-0.39, 0.29) is 34.7 Å². The summed E-state index contributed by atoms with van der Waals surface area (Å²) in [6, 6.07) is 17.9. The van der Waals surface area contributed by atoms with Crippen LogP contribution in [0, 0.1) is 17.2 Å². The summed E-state index contributed by atoms with van der Waals surface area (Å²) in [7, 11) is -4.46. The Bertz CT molecular complexity index is 1680. The van der Waals surface area contributed by atoms with Gasteiger partial charge in [0, 0.05) is 6.42 Å². The van der Waals surface area contributed by atoms with Crippen LogP contribution in [0.4, 0.5) is 10.1 Å². The van der Waals surface area contributed by atoms with Crippen molar-refractivity contribution in [3.05, 3.63) is 94.8 Å². The minimum absolute atomic E-state index is 0.0422. The van der Waals surface area contributed by atoms with Gasteiger partial charge in [-0.1, -0.05) is 82.6 Å². The highest BCUT2D eigenvalue weighted by Gasteiger charge is 2.55. The van der Waals surface area contributed by atoms with E-state index < -0.39 is 38.7 Å². The van der Waals surface area contributed by atoms with Crippen LogP contribution in [0.5, 0.6) is 0 Å². The third-order valence-electron chi connectivity index (χ3n) is 9.94. The SMILES string of the molecule is CC(C)c1cc2c(cc1S(=O)(=O)O)[C@@]1(C)CCC[C@@](C)(C(=O)N[C@@H](Cc3ccccc3)C(=O)Nc3ccccc3F)[C@@H]1CC2. The van der Waals surface area contributed by atoms with Gasteiger partial charge in [-0.15, -0.1) is 0 Å². The van der Waals surface area contributed by atoms with Crippen LogP contribution in [0.25, 0.3) is 0 Å². The fourth-order valence-electron chi connectivity index (χ4n) is 7.63. The van der Waals surface area contributed by atoms with Crippen LogP contribution in [0.2, 0.25) is 0 Å². The second-order valence-electron chi connectivity index (χ2n) is 13.1. The van der Waals surface area contributed by atoms with Gasteiger partial charge in [-0.2, -0.15) is 8.42 Å². The minimum atomic E-state index is -4.46. The molecule has 0 spiro atoms. The first kappa shape index (κ1) is 31.9. The molecule has 0 heterocycles. The van der Waals surface area contributed by atoms with E-state index in [4.69, 9.17) is 0 Å². The first-order valence-corrected chi connectivity index (χ1v) is 16.7. The summed E-state index contributed by atoms with van der Waals surface area (Å²) in [4.78, 5) is 27.8. The van der Waals surface area contributed by atoms with Gasteiger partial charge in [0.05, 0.1) is 16.0 Å². The topological polar surface area (TPSA) is 113 Å². The Hall–Kier alpha value is -3.56. The second kappa shape index (κ2) is 12.1. The molecule has 3 aromatic carbocycles. The van der Waals surface area contributed by atoms with E-state index in [1.54, 1.807) is 18.2 Å². The van der Waals surface area contributed by atoms with Gasteiger partial charge in [0.15, 0.2) is 0 Å². The number of fused-ring (bicyclic) bond motifs is 3. The van der Waals surface area contributed by atoms with E-state index in [1.165, 1.54) is 12.1 Å². The molecule has 4 atom stereocenters. The second-order valence-corrected chi connectivity index (χ2v) is 14.5. The van der Waals surface area contributed by atoms with E-state index in [0.717, 1.165) is 36.0 Å². The molecule has 3 aromatic rings. The number of anilines is 1. The Morgan fingerprint density at radius 3 is 2.36 bits per heavy atom. The highest BCUT2D eigenvalue weighted by atomic mass is 32.2. The number of para-hydroxylation sites is 1. The van der Waals surface area contributed by atoms with Crippen molar-refractivity contribution in [1.29, 1.82) is 0 Å². The summed E-state index contributed by atoms with van der Waals surface area (Å²) in [5.74, 6) is -1.56. The zero-order valence-electron chi connectivity index (χ0n) is 25.7. The largest absolute Gasteiger partial charge is 0.343 e. The maximum atomic E-state index is 14.4. The Labute approximate surface area is 259 Å². The molecule has 0 radical (unpaired) electrons. The lowest BCUT2D eigenvalue weighted by Gasteiger charge is -2.54. The molecule has 0 aliphatic heterocycles. The van der Waals surface area contributed by atoms with Crippen molar-refractivity contribution >= 4 is 27.6 Å². The van der Waals surface area contributed by atoms with Gasteiger partial charge in [0.1, 0.15) is 11.9 Å². The molecule has 2 aliphatic carbocycles. The van der Waals surface area contributed by atoms with Gasteiger partial charge in [-0.05, 0) is 83.4 Å². The number of nitrogens with one attached hydrogen (secondary N) is 2. The summed E-state index contributed by atoms with van der Waals surface area (Å²) in [5.41, 5.74) is 2.03. The molecule has 234 valence electrons. The van der Waals surface area contributed by atoms with Crippen LogP contribution >= 0.6 is 0 Å². The lowest BCUT2D eigenvalue weighted by Crippen LogP contribution is -2.58. The van der Waals surface area contributed by atoms with E-state index >= 15 is 0 Å². The zero-order valence-corrected chi connectivity index (χ0v) is 26.5. The Morgan fingerprint density at radius 2 is 1.70 bits per heavy atom. The first-order valence-electron chi connectivity index (χ1n) is 15.3. The lowest BCUT2D eigenvalue weighted by molar-refractivity contribution is -0.141. The van der Waals surface area contributed by atoms with Crippen molar-refractivity contribution in [2.75, 3.05) is 5.32 Å². The summed E-state index contributed by atoms with van der Waals surface area (Å²) < 4.78 is 49.5. The molecule has 7 nitrogen and oxygen atoms in total. The van der Waals surface area contributed by atoms with Gasteiger partial charge < -0.3 is 10.6 Å². The number of benzene rings is 3. The van der Waals surface area contributed by atoms with Crippen molar-refractivity contribution in [1.82, 2.24) is 5.32 Å². The lowest BCUT2D eigenvalue weighted by atomic mass is 9.49. The molecule has 0 bridgehead atoms. The quantitative estimate of drug-likeness (QED) is 0.247. The van der Waals surface area contributed by atoms with E-state index in [0.29, 0.717) is 18.4 Å². The number of carbonyl (C=O) groups excluding carboxylic acids is 2. The summed E-state index contributed by atoms with van der Waals surface area (Å²) in [6.45, 7) is 7.84. The van der Waals surface area contributed by atoms with Crippen LogP contribution in [0.1, 0.15) is 81.5 Å². The molecule has 44 heavy (non-hydrogen) atoms. The van der Waals surface area contributed by atoms with E-state index in [9.17, 15) is 27.0 Å². The van der Waals surface area contributed by atoms with Crippen molar-refractivity contribution in [2.45, 2.75) is 88.5 Å². The standard InChI is InChI=1S/C35H41FN2O5S/c1-22(2)25-20-24-15-16-31-34(3,26(24)21-30(25)44(41,42)43)17-10-18-35(31,4)33(40)38-29(19-23-11-6-5-7-12-23)32(39)37-28-14-9-8-13-27(28)36/h5-9,11-14,20-22,29,31H,10,15-19H2,1-4H3,(H,37,39)(H,38,40)(H,41,42,43)/t29-,31+,34+,35+/m0/s1. The summed E-state index contributed by atoms with van der Waals surface area (Å²) in [6.07, 6.45) is 3.72. The number of carbonyl (C=O) groups is 2. The van der Waals surface area contributed by atoms with E-state index in [1.807, 2.05) is 57.2 Å². The van der Waals surface area contributed by atoms with Gasteiger partial charge in [-0.3, -0.25) is 14.1 Å². The first-order chi connectivity index (χ1) is 20.7. The van der Waals surface area contributed by atoms with Crippen LogP contribution in [-0.2, 0) is 38.0 Å². The predicted molar refractivity (Wildman–Crippen MR) is 169 cm³/mol.